The summed E-state index contributed by atoms with van der Waals surface area (Å²) in [5.41, 5.74) is 0.923. The highest BCUT2D eigenvalue weighted by atomic mass is 19.1. The summed E-state index contributed by atoms with van der Waals surface area (Å²) >= 11 is 0. The van der Waals surface area contributed by atoms with Crippen molar-refractivity contribution < 1.29 is 23.8 Å². The molecule has 5 nitrogen and oxygen atoms in total. The molecule has 2 atom stereocenters. The minimum Gasteiger partial charge on any atom is -0.489 e. The number of ether oxygens (including phenoxy) is 2. The van der Waals surface area contributed by atoms with Crippen LogP contribution in [-0.4, -0.2) is 36.4 Å². The van der Waals surface area contributed by atoms with Gasteiger partial charge in [0.25, 0.3) is 5.91 Å². The van der Waals surface area contributed by atoms with E-state index in [1.165, 1.54) is 6.07 Å². The normalized spacial score (nSPS) is 20.1. The van der Waals surface area contributed by atoms with E-state index in [0.29, 0.717) is 36.5 Å². The third-order valence-corrected chi connectivity index (χ3v) is 4.10. The topological polar surface area (TPSA) is 67.8 Å². The van der Waals surface area contributed by atoms with Crippen molar-refractivity contribution in [3.8, 4) is 5.75 Å². The second kappa shape index (κ2) is 8.09. The zero-order valence-electron chi connectivity index (χ0n) is 13.7. The first-order chi connectivity index (χ1) is 12.1. The van der Waals surface area contributed by atoms with E-state index in [2.05, 4.69) is 5.32 Å². The molecule has 0 radical (unpaired) electrons. The Labute approximate surface area is 145 Å². The van der Waals surface area contributed by atoms with Crippen LogP contribution in [0.25, 0.3) is 0 Å². The maximum Gasteiger partial charge on any atom is 0.251 e. The number of hydrogen-bond donors (Lipinski definition) is 2. The number of benzene rings is 2. The highest BCUT2D eigenvalue weighted by Crippen LogP contribution is 2.16. The van der Waals surface area contributed by atoms with Crippen LogP contribution in [0.15, 0.2) is 48.5 Å². The summed E-state index contributed by atoms with van der Waals surface area (Å²) in [4.78, 5) is 12.2. The first kappa shape index (κ1) is 17.4. The predicted molar refractivity (Wildman–Crippen MR) is 89.9 cm³/mol. The fraction of sp³-hybridized carbons (Fsp3) is 0.316. The van der Waals surface area contributed by atoms with Crippen LogP contribution in [0.1, 0.15) is 22.3 Å². The van der Waals surface area contributed by atoms with Gasteiger partial charge in [0.05, 0.1) is 18.8 Å². The molecule has 0 saturated carbocycles. The van der Waals surface area contributed by atoms with Crippen LogP contribution < -0.4 is 10.1 Å². The minimum atomic E-state index is -0.596. The molecule has 2 N–H and O–H groups in total. The molecule has 2 aromatic carbocycles. The van der Waals surface area contributed by atoms with Gasteiger partial charge in [0.15, 0.2) is 0 Å². The number of hydrogen-bond acceptors (Lipinski definition) is 4. The van der Waals surface area contributed by atoms with Gasteiger partial charge in [-0.1, -0.05) is 18.2 Å². The van der Waals surface area contributed by atoms with E-state index in [1.807, 2.05) is 0 Å². The fourth-order valence-corrected chi connectivity index (χ4v) is 2.60. The summed E-state index contributed by atoms with van der Waals surface area (Å²) in [5.74, 6) is -0.0530. The SMILES string of the molecule is O=C(N[C@@H]1COCC[C@H]1O)c1ccc(OCc2ccccc2F)cc1. The Morgan fingerprint density at radius 3 is 2.72 bits per heavy atom. The van der Waals surface area contributed by atoms with Gasteiger partial charge in [-0.15, -0.1) is 0 Å². The number of halogens is 1. The minimum absolute atomic E-state index is 0.115. The Bertz CT molecular complexity index is 720. The van der Waals surface area contributed by atoms with Gasteiger partial charge in [-0.25, -0.2) is 4.39 Å². The lowest BCUT2D eigenvalue weighted by Gasteiger charge is -2.28. The monoisotopic (exact) mass is 345 g/mol. The molecule has 6 heteroatoms. The lowest BCUT2D eigenvalue weighted by Crippen LogP contribution is -2.49. The Morgan fingerprint density at radius 2 is 2.00 bits per heavy atom. The molecular formula is C19H20FNO4. The number of amides is 1. The van der Waals surface area contributed by atoms with Crippen molar-refractivity contribution >= 4 is 5.91 Å². The molecule has 132 valence electrons. The van der Waals surface area contributed by atoms with E-state index < -0.39 is 12.1 Å². The lowest BCUT2D eigenvalue weighted by atomic mass is 10.1. The van der Waals surface area contributed by atoms with Crippen LogP contribution in [0.3, 0.4) is 0 Å². The summed E-state index contributed by atoms with van der Waals surface area (Å²) in [6.45, 7) is 0.919. The largest absolute Gasteiger partial charge is 0.489 e. The highest BCUT2D eigenvalue weighted by molar-refractivity contribution is 5.94. The molecule has 1 amide bonds. The van der Waals surface area contributed by atoms with Gasteiger partial charge < -0.3 is 19.9 Å². The van der Waals surface area contributed by atoms with E-state index in [0.717, 1.165) is 0 Å². The van der Waals surface area contributed by atoms with Gasteiger partial charge in [0.1, 0.15) is 18.2 Å². The molecule has 0 aliphatic carbocycles. The first-order valence-corrected chi connectivity index (χ1v) is 8.16. The fourth-order valence-electron chi connectivity index (χ4n) is 2.60. The van der Waals surface area contributed by atoms with Crippen molar-refractivity contribution in [2.45, 2.75) is 25.2 Å². The number of carbonyl (C=O) groups excluding carboxylic acids is 1. The van der Waals surface area contributed by atoms with Crippen LogP contribution in [0.4, 0.5) is 4.39 Å². The summed E-state index contributed by atoms with van der Waals surface area (Å²) in [7, 11) is 0. The zero-order valence-corrected chi connectivity index (χ0v) is 13.7. The molecular weight excluding hydrogens is 325 g/mol. The van der Waals surface area contributed by atoms with E-state index in [1.54, 1.807) is 42.5 Å². The number of aliphatic hydroxyl groups excluding tert-OH is 1. The summed E-state index contributed by atoms with van der Waals surface area (Å²) < 4.78 is 24.4. The van der Waals surface area contributed by atoms with E-state index in [-0.39, 0.29) is 18.3 Å². The van der Waals surface area contributed by atoms with Crippen molar-refractivity contribution in [1.29, 1.82) is 0 Å². The first-order valence-electron chi connectivity index (χ1n) is 8.16. The Kier molecular flexibility index (Phi) is 5.63. The second-order valence-electron chi connectivity index (χ2n) is 5.92. The quantitative estimate of drug-likeness (QED) is 0.872. The Morgan fingerprint density at radius 1 is 1.24 bits per heavy atom. The average molecular weight is 345 g/mol. The Balaban J connectivity index is 1.56. The summed E-state index contributed by atoms with van der Waals surface area (Å²) in [5, 5.41) is 12.6. The molecule has 3 rings (SSSR count). The van der Waals surface area contributed by atoms with Crippen molar-refractivity contribution in [3.63, 3.8) is 0 Å². The predicted octanol–water partition coefficient (Wildman–Crippen LogP) is 2.28. The van der Waals surface area contributed by atoms with Crippen molar-refractivity contribution in [2.24, 2.45) is 0 Å². The van der Waals surface area contributed by atoms with Crippen LogP contribution in [0.2, 0.25) is 0 Å². The van der Waals surface area contributed by atoms with Gasteiger partial charge in [-0.2, -0.15) is 0 Å². The van der Waals surface area contributed by atoms with Crippen molar-refractivity contribution in [3.05, 3.63) is 65.5 Å². The lowest BCUT2D eigenvalue weighted by molar-refractivity contribution is -0.0140. The molecule has 2 aromatic rings. The molecule has 1 aliphatic heterocycles. The van der Waals surface area contributed by atoms with Gasteiger partial charge in [-0.05, 0) is 36.8 Å². The molecule has 1 heterocycles. The van der Waals surface area contributed by atoms with E-state index in [4.69, 9.17) is 9.47 Å². The highest BCUT2D eigenvalue weighted by Gasteiger charge is 2.25. The number of aliphatic hydroxyl groups is 1. The zero-order chi connectivity index (χ0) is 17.6. The molecule has 1 aliphatic rings. The van der Waals surface area contributed by atoms with Gasteiger partial charge in [0.2, 0.25) is 0 Å². The van der Waals surface area contributed by atoms with Gasteiger partial charge in [0, 0.05) is 17.7 Å². The van der Waals surface area contributed by atoms with Crippen LogP contribution in [-0.2, 0) is 11.3 Å². The standard InChI is InChI=1S/C19H20FNO4/c20-16-4-2-1-3-14(16)11-25-15-7-5-13(6-8-15)19(23)21-17-12-24-10-9-18(17)22/h1-8,17-18,22H,9-12H2,(H,21,23)/t17-,18-/m1/s1. The van der Waals surface area contributed by atoms with Crippen LogP contribution >= 0.6 is 0 Å². The van der Waals surface area contributed by atoms with E-state index >= 15 is 0 Å². The Hall–Kier alpha value is -2.44. The van der Waals surface area contributed by atoms with E-state index in [9.17, 15) is 14.3 Å². The summed E-state index contributed by atoms with van der Waals surface area (Å²) in [6.07, 6.45) is -0.0885. The molecule has 1 saturated heterocycles. The smallest absolute Gasteiger partial charge is 0.251 e. The molecule has 25 heavy (non-hydrogen) atoms. The number of rotatable bonds is 5. The van der Waals surface area contributed by atoms with Crippen molar-refractivity contribution in [2.75, 3.05) is 13.2 Å². The number of nitrogens with one attached hydrogen (secondary N) is 1. The van der Waals surface area contributed by atoms with Crippen LogP contribution in [0.5, 0.6) is 5.75 Å². The van der Waals surface area contributed by atoms with Gasteiger partial charge in [-0.3, -0.25) is 4.79 Å². The molecule has 0 unspecified atom stereocenters. The molecule has 0 spiro atoms. The third kappa shape index (κ3) is 4.55. The van der Waals surface area contributed by atoms with Gasteiger partial charge >= 0.3 is 0 Å². The molecule has 1 fully saturated rings. The van der Waals surface area contributed by atoms with Crippen molar-refractivity contribution in [1.82, 2.24) is 5.32 Å². The third-order valence-electron chi connectivity index (χ3n) is 4.10. The maximum absolute atomic E-state index is 13.6. The maximum atomic E-state index is 13.6. The summed E-state index contributed by atoms with van der Waals surface area (Å²) in [6, 6.07) is 12.6. The number of carbonyl (C=O) groups is 1. The molecule has 0 aromatic heterocycles. The molecule has 0 bridgehead atoms. The second-order valence-corrected chi connectivity index (χ2v) is 5.92. The van der Waals surface area contributed by atoms with Crippen LogP contribution in [0, 0.1) is 5.82 Å². The average Bonchev–Trinajstić information content (AvgIpc) is 2.63.